The van der Waals surface area contributed by atoms with Gasteiger partial charge in [0.1, 0.15) is 5.82 Å². The molecule has 1 heterocycles. The molecule has 0 bridgehead atoms. The van der Waals surface area contributed by atoms with Crippen molar-refractivity contribution in [2.75, 3.05) is 38.6 Å². The van der Waals surface area contributed by atoms with Crippen LogP contribution in [0.25, 0.3) is 0 Å². The number of benzene rings is 1. The Hall–Kier alpha value is -1.67. The number of ether oxygens (including phenoxy) is 2. The molecule has 1 fully saturated rings. The molecule has 1 aromatic carbocycles. The summed E-state index contributed by atoms with van der Waals surface area (Å²) in [5.41, 5.74) is 5.32. The maximum Gasteiger partial charge on any atom is 0.339 e. The lowest BCUT2D eigenvalue weighted by molar-refractivity contribution is -0.138. The predicted molar refractivity (Wildman–Crippen MR) is 76.2 cm³/mol. The first kappa shape index (κ1) is 15.7. The van der Waals surface area contributed by atoms with Crippen LogP contribution in [-0.2, 0) is 14.3 Å². The van der Waals surface area contributed by atoms with Crippen molar-refractivity contribution in [3.05, 3.63) is 28.0 Å². The van der Waals surface area contributed by atoms with Crippen LogP contribution in [0.1, 0.15) is 10.4 Å². The van der Waals surface area contributed by atoms with E-state index in [9.17, 15) is 14.0 Å². The number of nitrogens with two attached hydrogens (primary N) is 1. The number of nitrogen functional groups attached to an aromatic ring is 1. The van der Waals surface area contributed by atoms with Gasteiger partial charge in [-0.05, 0) is 28.1 Å². The van der Waals surface area contributed by atoms with E-state index in [0.29, 0.717) is 26.3 Å². The number of anilines is 1. The van der Waals surface area contributed by atoms with Gasteiger partial charge in [-0.3, -0.25) is 4.79 Å². The highest BCUT2D eigenvalue weighted by atomic mass is 79.9. The summed E-state index contributed by atoms with van der Waals surface area (Å²) in [6.07, 6.45) is 0. The molecule has 0 spiro atoms. The van der Waals surface area contributed by atoms with E-state index in [4.69, 9.17) is 15.2 Å². The van der Waals surface area contributed by atoms with Crippen molar-refractivity contribution in [1.29, 1.82) is 0 Å². The topological polar surface area (TPSA) is 81.9 Å². The van der Waals surface area contributed by atoms with Crippen LogP contribution < -0.4 is 5.73 Å². The minimum absolute atomic E-state index is 0.0728. The molecule has 0 unspecified atom stereocenters. The van der Waals surface area contributed by atoms with Crippen LogP contribution >= 0.6 is 15.9 Å². The summed E-state index contributed by atoms with van der Waals surface area (Å²) in [6, 6.07) is 2.25. The second-order valence-corrected chi connectivity index (χ2v) is 5.28. The average Bonchev–Trinajstić information content (AvgIpc) is 2.49. The van der Waals surface area contributed by atoms with Crippen molar-refractivity contribution in [2.45, 2.75) is 0 Å². The first-order valence-electron chi connectivity index (χ1n) is 6.26. The third-order valence-electron chi connectivity index (χ3n) is 3.00. The number of carbonyl (C=O) groups is 2. The highest BCUT2D eigenvalue weighted by molar-refractivity contribution is 9.10. The van der Waals surface area contributed by atoms with Gasteiger partial charge in [-0.15, -0.1) is 0 Å². The zero-order chi connectivity index (χ0) is 15.4. The molecule has 0 aromatic heterocycles. The van der Waals surface area contributed by atoms with Crippen LogP contribution in [0.15, 0.2) is 16.6 Å². The van der Waals surface area contributed by atoms with Crippen molar-refractivity contribution in [3.8, 4) is 0 Å². The van der Waals surface area contributed by atoms with E-state index >= 15 is 0 Å². The smallest absolute Gasteiger partial charge is 0.339 e. The molecule has 0 atom stereocenters. The maximum absolute atomic E-state index is 13.2. The molecule has 2 N–H and O–H groups in total. The number of nitrogens with zero attached hydrogens (tertiary/aromatic N) is 1. The van der Waals surface area contributed by atoms with Gasteiger partial charge in [0.15, 0.2) is 6.61 Å². The lowest BCUT2D eigenvalue weighted by Gasteiger charge is -2.26. The molecule has 1 aromatic rings. The highest BCUT2D eigenvalue weighted by Crippen LogP contribution is 2.23. The van der Waals surface area contributed by atoms with Gasteiger partial charge in [0.2, 0.25) is 0 Å². The Labute approximate surface area is 129 Å². The van der Waals surface area contributed by atoms with E-state index in [1.807, 2.05) is 0 Å². The molecule has 0 radical (unpaired) electrons. The molecule has 0 aliphatic carbocycles. The van der Waals surface area contributed by atoms with Gasteiger partial charge in [0, 0.05) is 17.6 Å². The maximum atomic E-state index is 13.2. The quantitative estimate of drug-likeness (QED) is 0.646. The first-order chi connectivity index (χ1) is 9.99. The van der Waals surface area contributed by atoms with Crippen LogP contribution in [-0.4, -0.2) is 49.7 Å². The molecule has 1 amide bonds. The third kappa shape index (κ3) is 3.92. The Morgan fingerprint density at radius 3 is 2.71 bits per heavy atom. The van der Waals surface area contributed by atoms with E-state index in [1.165, 1.54) is 6.07 Å². The van der Waals surface area contributed by atoms with Gasteiger partial charge in [0.25, 0.3) is 5.91 Å². The lowest BCUT2D eigenvalue weighted by Crippen LogP contribution is -2.42. The number of rotatable bonds is 3. The van der Waals surface area contributed by atoms with Gasteiger partial charge in [-0.1, -0.05) is 0 Å². The minimum atomic E-state index is -0.741. The third-order valence-corrected chi connectivity index (χ3v) is 3.65. The van der Waals surface area contributed by atoms with Gasteiger partial charge in [-0.25, -0.2) is 9.18 Å². The lowest BCUT2D eigenvalue weighted by atomic mass is 10.2. The SMILES string of the molecule is Nc1cc(C(=O)OCC(=O)N2CCOCC2)c(Br)cc1F. The van der Waals surface area contributed by atoms with Gasteiger partial charge in [0.05, 0.1) is 24.5 Å². The first-order valence-corrected chi connectivity index (χ1v) is 7.05. The number of amides is 1. The Kier molecular flexibility index (Phi) is 5.13. The summed E-state index contributed by atoms with van der Waals surface area (Å²) in [5, 5.41) is 0. The summed E-state index contributed by atoms with van der Waals surface area (Å²) in [4.78, 5) is 25.3. The van der Waals surface area contributed by atoms with Crippen molar-refractivity contribution in [1.82, 2.24) is 4.90 Å². The van der Waals surface area contributed by atoms with Crippen LogP contribution in [0.2, 0.25) is 0 Å². The molecule has 1 aliphatic heterocycles. The number of esters is 1. The second kappa shape index (κ2) is 6.86. The zero-order valence-electron chi connectivity index (χ0n) is 11.1. The molecule has 2 rings (SSSR count). The van der Waals surface area contributed by atoms with E-state index in [1.54, 1.807) is 4.90 Å². The van der Waals surface area contributed by atoms with E-state index in [0.717, 1.165) is 6.07 Å². The number of halogens is 2. The highest BCUT2D eigenvalue weighted by Gasteiger charge is 2.20. The fourth-order valence-corrected chi connectivity index (χ4v) is 2.31. The van der Waals surface area contributed by atoms with Crippen LogP contribution in [0.5, 0.6) is 0 Å². The summed E-state index contributed by atoms with van der Waals surface area (Å²) in [6.45, 7) is 1.52. The Morgan fingerprint density at radius 1 is 1.38 bits per heavy atom. The minimum Gasteiger partial charge on any atom is -0.452 e. The summed E-state index contributed by atoms with van der Waals surface area (Å²) >= 11 is 3.06. The fourth-order valence-electron chi connectivity index (χ4n) is 1.83. The van der Waals surface area contributed by atoms with Gasteiger partial charge in [-0.2, -0.15) is 0 Å². The zero-order valence-corrected chi connectivity index (χ0v) is 12.7. The number of morpholine rings is 1. The van der Waals surface area contributed by atoms with Crippen LogP contribution in [0, 0.1) is 5.82 Å². The Bertz CT molecular complexity index is 561. The largest absolute Gasteiger partial charge is 0.452 e. The normalized spacial score (nSPS) is 14.9. The molecule has 1 aliphatic rings. The van der Waals surface area contributed by atoms with Crippen LogP contribution in [0.3, 0.4) is 0 Å². The average molecular weight is 361 g/mol. The van der Waals surface area contributed by atoms with E-state index < -0.39 is 11.8 Å². The number of carbonyl (C=O) groups excluding carboxylic acids is 2. The van der Waals surface area contributed by atoms with Crippen LogP contribution in [0.4, 0.5) is 10.1 Å². The Balaban J connectivity index is 1.95. The number of hydrogen-bond acceptors (Lipinski definition) is 5. The molecular formula is C13H14BrFN2O4. The molecule has 1 saturated heterocycles. The van der Waals surface area contributed by atoms with Crippen molar-refractivity contribution >= 4 is 33.5 Å². The summed E-state index contributed by atoms with van der Waals surface area (Å²) < 4.78 is 23.5. The second-order valence-electron chi connectivity index (χ2n) is 4.42. The summed E-state index contributed by atoms with van der Waals surface area (Å²) in [5.74, 6) is -1.67. The molecule has 21 heavy (non-hydrogen) atoms. The van der Waals surface area contributed by atoms with E-state index in [2.05, 4.69) is 15.9 Å². The van der Waals surface area contributed by atoms with Gasteiger partial charge >= 0.3 is 5.97 Å². The summed E-state index contributed by atoms with van der Waals surface area (Å²) in [7, 11) is 0. The fraction of sp³-hybridized carbons (Fsp3) is 0.385. The molecule has 6 nitrogen and oxygen atoms in total. The van der Waals surface area contributed by atoms with Crippen molar-refractivity contribution < 1.29 is 23.5 Å². The molecule has 0 saturated carbocycles. The predicted octanol–water partition coefficient (Wildman–Crippen LogP) is 1.19. The van der Waals surface area contributed by atoms with Crippen molar-refractivity contribution in [3.63, 3.8) is 0 Å². The molecular weight excluding hydrogens is 347 g/mol. The monoisotopic (exact) mass is 360 g/mol. The standard InChI is InChI=1S/C13H14BrFN2O4/c14-9-6-10(15)11(16)5-8(9)13(19)21-7-12(18)17-1-3-20-4-2-17/h5-6H,1-4,7,16H2. The van der Waals surface area contributed by atoms with Crippen molar-refractivity contribution in [2.24, 2.45) is 0 Å². The Morgan fingerprint density at radius 2 is 2.05 bits per heavy atom. The van der Waals surface area contributed by atoms with E-state index in [-0.39, 0.29) is 28.2 Å². The molecule has 114 valence electrons. The van der Waals surface area contributed by atoms with Gasteiger partial charge < -0.3 is 20.1 Å². The number of hydrogen-bond donors (Lipinski definition) is 1. The molecule has 8 heteroatoms.